The molecule has 0 aliphatic heterocycles. The van der Waals surface area contributed by atoms with Crippen molar-refractivity contribution in [3.05, 3.63) is 55.4 Å². The Morgan fingerprint density at radius 2 is 2.06 bits per heavy atom. The predicted molar refractivity (Wildman–Crippen MR) is 78.5 cm³/mol. The van der Waals surface area contributed by atoms with Gasteiger partial charge in [-0.15, -0.1) is 11.3 Å². The lowest BCUT2D eigenvalue weighted by molar-refractivity contribution is 0.594. The Balaban J connectivity index is 2.18. The first-order chi connectivity index (χ1) is 8.47. The maximum absolute atomic E-state index is 13.7. The second kappa shape index (κ2) is 5.51. The second-order valence-electron chi connectivity index (χ2n) is 4.43. The van der Waals surface area contributed by atoms with Gasteiger partial charge in [-0.2, -0.15) is 0 Å². The molecule has 18 heavy (non-hydrogen) atoms. The molecule has 1 heterocycles. The fourth-order valence-electron chi connectivity index (χ4n) is 1.81. The number of rotatable bonds is 3. The average Bonchev–Trinajstić information content (AvgIpc) is 2.63. The van der Waals surface area contributed by atoms with Crippen molar-refractivity contribution in [2.75, 3.05) is 0 Å². The highest BCUT2D eigenvalue weighted by Crippen LogP contribution is 2.28. The summed E-state index contributed by atoms with van der Waals surface area (Å²) in [6.45, 7) is 4.15. The van der Waals surface area contributed by atoms with Crippen LogP contribution in [0, 0.1) is 19.7 Å². The van der Waals surface area contributed by atoms with Crippen molar-refractivity contribution < 1.29 is 4.39 Å². The summed E-state index contributed by atoms with van der Waals surface area (Å²) in [6, 6.07) is 7.06. The van der Waals surface area contributed by atoms with Crippen molar-refractivity contribution in [3.8, 4) is 0 Å². The molecule has 0 fully saturated rings. The fraction of sp³-hybridized carbons (Fsp3) is 0.286. The Bertz CT molecular complexity index is 545. The molecule has 0 spiro atoms. The standard InChI is InChI=1S/C14H15BrFNS/c1-8-5-14(18-9(8)2)13(17)6-10-3-4-11(15)7-12(10)16/h3-5,7,13H,6,17H2,1-2H3. The quantitative estimate of drug-likeness (QED) is 0.881. The summed E-state index contributed by atoms with van der Waals surface area (Å²) in [5, 5.41) is 0. The molecule has 0 bridgehead atoms. The van der Waals surface area contributed by atoms with Gasteiger partial charge < -0.3 is 5.73 Å². The third-order valence-corrected chi connectivity index (χ3v) is 4.78. The first-order valence-corrected chi connectivity index (χ1v) is 7.34. The van der Waals surface area contributed by atoms with E-state index in [2.05, 4.69) is 35.8 Å². The minimum atomic E-state index is -0.204. The van der Waals surface area contributed by atoms with Crippen LogP contribution < -0.4 is 5.73 Å². The van der Waals surface area contributed by atoms with Crippen LogP contribution in [0.4, 0.5) is 4.39 Å². The van der Waals surface area contributed by atoms with Crippen LogP contribution in [0.1, 0.15) is 26.9 Å². The van der Waals surface area contributed by atoms with E-state index < -0.39 is 0 Å². The van der Waals surface area contributed by atoms with Crippen LogP contribution in [0.3, 0.4) is 0 Å². The van der Waals surface area contributed by atoms with E-state index in [1.54, 1.807) is 17.4 Å². The maximum atomic E-state index is 13.7. The van der Waals surface area contributed by atoms with Gasteiger partial charge in [0.1, 0.15) is 5.82 Å². The van der Waals surface area contributed by atoms with E-state index in [0.717, 1.165) is 9.35 Å². The van der Waals surface area contributed by atoms with Gasteiger partial charge in [-0.3, -0.25) is 0 Å². The number of aryl methyl sites for hydroxylation is 2. The van der Waals surface area contributed by atoms with Crippen LogP contribution in [-0.4, -0.2) is 0 Å². The summed E-state index contributed by atoms with van der Waals surface area (Å²) in [7, 11) is 0. The molecule has 2 N–H and O–H groups in total. The largest absolute Gasteiger partial charge is 0.323 e. The molecule has 2 aromatic rings. The van der Waals surface area contributed by atoms with Gasteiger partial charge in [0.15, 0.2) is 0 Å². The molecular formula is C14H15BrFNS. The maximum Gasteiger partial charge on any atom is 0.127 e. The van der Waals surface area contributed by atoms with Gasteiger partial charge in [-0.25, -0.2) is 4.39 Å². The SMILES string of the molecule is Cc1cc(C(N)Cc2ccc(Br)cc2F)sc1C. The fourth-order valence-corrected chi connectivity index (χ4v) is 3.19. The van der Waals surface area contributed by atoms with Crippen LogP contribution in [-0.2, 0) is 6.42 Å². The highest BCUT2D eigenvalue weighted by Gasteiger charge is 2.13. The molecule has 0 aliphatic carbocycles. The van der Waals surface area contributed by atoms with Gasteiger partial charge in [0.2, 0.25) is 0 Å². The number of nitrogens with two attached hydrogens (primary N) is 1. The Morgan fingerprint density at radius 3 is 2.61 bits per heavy atom. The summed E-state index contributed by atoms with van der Waals surface area (Å²) >= 11 is 4.95. The van der Waals surface area contributed by atoms with Gasteiger partial charge in [0.05, 0.1) is 0 Å². The third-order valence-electron chi connectivity index (χ3n) is 3.01. The number of halogens is 2. The van der Waals surface area contributed by atoms with Crippen LogP contribution >= 0.6 is 27.3 Å². The molecule has 0 saturated carbocycles. The van der Waals surface area contributed by atoms with Crippen LogP contribution in [0.25, 0.3) is 0 Å². The first kappa shape index (κ1) is 13.7. The highest BCUT2D eigenvalue weighted by atomic mass is 79.9. The van der Waals surface area contributed by atoms with Crippen LogP contribution in [0.15, 0.2) is 28.7 Å². The monoisotopic (exact) mass is 327 g/mol. The minimum Gasteiger partial charge on any atom is -0.323 e. The lowest BCUT2D eigenvalue weighted by Gasteiger charge is -2.10. The topological polar surface area (TPSA) is 26.0 Å². The Hall–Kier alpha value is -0.710. The molecule has 1 unspecified atom stereocenters. The lowest BCUT2D eigenvalue weighted by atomic mass is 10.0. The molecule has 4 heteroatoms. The molecule has 0 aliphatic rings. The van der Waals surface area contributed by atoms with E-state index in [1.165, 1.54) is 16.5 Å². The van der Waals surface area contributed by atoms with E-state index in [0.29, 0.717) is 12.0 Å². The molecule has 1 aromatic heterocycles. The Labute approximate surface area is 119 Å². The zero-order valence-electron chi connectivity index (χ0n) is 10.3. The Kier molecular flexibility index (Phi) is 4.20. The van der Waals surface area contributed by atoms with Gasteiger partial charge >= 0.3 is 0 Å². The zero-order valence-corrected chi connectivity index (χ0v) is 12.7. The van der Waals surface area contributed by atoms with Crippen molar-refractivity contribution in [2.24, 2.45) is 5.73 Å². The normalized spacial score (nSPS) is 12.7. The minimum absolute atomic E-state index is 0.141. The van der Waals surface area contributed by atoms with E-state index in [1.807, 2.05) is 6.07 Å². The van der Waals surface area contributed by atoms with E-state index in [9.17, 15) is 4.39 Å². The Morgan fingerprint density at radius 1 is 1.33 bits per heavy atom. The molecule has 0 amide bonds. The highest BCUT2D eigenvalue weighted by molar-refractivity contribution is 9.10. The van der Waals surface area contributed by atoms with Gasteiger partial charge in [-0.1, -0.05) is 22.0 Å². The lowest BCUT2D eigenvalue weighted by Crippen LogP contribution is -2.12. The van der Waals surface area contributed by atoms with Gasteiger partial charge in [-0.05, 0) is 49.6 Å². The molecular weight excluding hydrogens is 313 g/mol. The summed E-state index contributed by atoms with van der Waals surface area (Å²) < 4.78 is 14.5. The molecule has 0 saturated heterocycles. The second-order valence-corrected chi connectivity index (χ2v) is 6.64. The van der Waals surface area contributed by atoms with Crippen LogP contribution in [0.5, 0.6) is 0 Å². The van der Waals surface area contributed by atoms with Crippen molar-refractivity contribution in [2.45, 2.75) is 26.3 Å². The average molecular weight is 328 g/mol. The van der Waals surface area contributed by atoms with Gasteiger partial charge in [0.25, 0.3) is 0 Å². The first-order valence-electron chi connectivity index (χ1n) is 5.74. The number of hydrogen-bond donors (Lipinski definition) is 1. The molecule has 1 atom stereocenters. The van der Waals surface area contributed by atoms with Crippen molar-refractivity contribution in [1.29, 1.82) is 0 Å². The number of hydrogen-bond acceptors (Lipinski definition) is 2. The van der Waals surface area contributed by atoms with E-state index in [-0.39, 0.29) is 11.9 Å². The zero-order chi connectivity index (χ0) is 13.3. The summed E-state index contributed by atoms with van der Waals surface area (Å²) in [6.07, 6.45) is 0.526. The summed E-state index contributed by atoms with van der Waals surface area (Å²) in [4.78, 5) is 2.39. The number of benzene rings is 1. The molecule has 96 valence electrons. The predicted octanol–water partition coefficient (Wildman–Crippen LogP) is 4.51. The number of thiophene rings is 1. The van der Waals surface area contributed by atoms with E-state index >= 15 is 0 Å². The smallest absolute Gasteiger partial charge is 0.127 e. The molecule has 1 nitrogen and oxygen atoms in total. The molecule has 2 rings (SSSR count). The van der Waals surface area contributed by atoms with E-state index in [4.69, 9.17) is 5.73 Å². The summed E-state index contributed by atoms with van der Waals surface area (Å²) in [5.41, 5.74) is 8.06. The van der Waals surface area contributed by atoms with Crippen molar-refractivity contribution in [1.82, 2.24) is 0 Å². The van der Waals surface area contributed by atoms with Crippen LogP contribution in [0.2, 0.25) is 0 Å². The third kappa shape index (κ3) is 2.99. The molecule has 1 aromatic carbocycles. The summed E-state index contributed by atoms with van der Waals surface area (Å²) in [5.74, 6) is -0.204. The van der Waals surface area contributed by atoms with Gasteiger partial charge in [0, 0.05) is 20.3 Å². The van der Waals surface area contributed by atoms with Crippen molar-refractivity contribution >= 4 is 27.3 Å². The molecule has 0 radical (unpaired) electrons. The van der Waals surface area contributed by atoms with Crippen molar-refractivity contribution in [3.63, 3.8) is 0 Å².